The molecule has 4 heteroatoms. The molecule has 1 aromatic heterocycles. The van der Waals surface area contributed by atoms with E-state index in [1.807, 2.05) is 6.07 Å². The highest BCUT2D eigenvalue weighted by molar-refractivity contribution is 5.50. The smallest absolute Gasteiger partial charge is 0.134 e. The predicted octanol–water partition coefficient (Wildman–Crippen LogP) is 3.49. The van der Waals surface area contributed by atoms with Crippen molar-refractivity contribution in [2.45, 2.75) is 59.4 Å². The average Bonchev–Trinajstić information content (AvgIpc) is 2.43. The number of anilines is 2. The van der Waals surface area contributed by atoms with Crippen molar-refractivity contribution >= 4 is 11.6 Å². The molecule has 1 rings (SSSR count). The number of hydrogen-bond acceptors (Lipinski definition) is 4. The third-order valence-corrected chi connectivity index (χ3v) is 3.75. The van der Waals surface area contributed by atoms with Gasteiger partial charge in [0, 0.05) is 31.6 Å². The largest absolute Gasteiger partial charge is 0.370 e. The van der Waals surface area contributed by atoms with Crippen molar-refractivity contribution in [1.82, 2.24) is 9.97 Å². The summed E-state index contributed by atoms with van der Waals surface area (Å²) in [5.74, 6) is 2.83. The Kier molecular flexibility index (Phi) is 5.58. The third kappa shape index (κ3) is 4.08. The molecule has 0 aromatic carbocycles. The Balaban J connectivity index is 3.05. The van der Waals surface area contributed by atoms with Gasteiger partial charge in [-0.1, -0.05) is 20.8 Å². The van der Waals surface area contributed by atoms with E-state index in [2.05, 4.69) is 61.9 Å². The fraction of sp³-hybridized carbons (Fsp3) is 0.733. The number of aryl methyl sites for hydroxylation is 1. The molecule has 1 aromatic rings. The number of hydrogen-bond donors (Lipinski definition) is 1. The highest BCUT2D eigenvalue weighted by Crippen LogP contribution is 2.24. The summed E-state index contributed by atoms with van der Waals surface area (Å²) in [5, 5.41) is 3.36. The molecule has 0 saturated carbocycles. The maximum Gasteiger partial charge on any atom is 0.134 e. The number of nitrogens with one attached hydrogen (secondary N) is 1. The van der Waals surface area contributed by atoms with E-state index in [9.17, 15) is 0 Å². The molecule has 0 spiro atoms. The van der Waals surface area contributed by atoms with Crippen LogP contribution in [-0.2, 0) is 6.42 Å². The molecular formula is C15H28N4. The monoisotopic (exact) mass is 264 g/mol. The molecule has 4 nitrogen and oxygen atoms in total. The minimum absolute atomic E-state index is 0.0986. The molecule has 0 amide bonds. The van der Waals surface area contributed by atoms with Crippen molar-refractivity contribution in [3.05, 3.63) is 11.9 Å². The molecule has 19 heavy (non-hydrogen) atoms. The van der Waals surface area contributed by atoms with Crippen LogP contribution in [-0.4, -0.2) is 29.1 Å². The summed E-state index contributed by atoms with van der Waals surface area (Å²) < 4.78 is 0. The van der Waals surface area contributed by atoms with E-state index in [-0.39, 0.29) is 5.54 Å². The first-order chi connectivity index (χ1) is 8.94. The topological polar surface area (TPSA) is 41.0 Å². The van der Waals surface area contributed by atoms with Gasteiger partial charge >= 0.3 is 0 Å². The first-order valence-electron chi connectivity index (χ1n) is 7.30. The fourth-order valence-electron chi connectivity index (χ4n) is 1.70. The van der Waals surface area contributed by atoms with Crippen molar-refractivity contribution in [1.29, 1.82) is 0 Å². The van der Waals surface area contributed by atoms with Gasteiger partial charge in [-0.05, 0) is 26.7 Å². The van der Waals surface area contributed by atoms with Crippen molar-refractivity contribution in [3.8, 4) is 0 Å². The SMILES string of the molecule is CCCNc1cc(N(C)C(C)(C)CC)nc(CC)n1. The van der Waals surface area contributed by atoms with Crippen LogP contribution in [0.4, 0.5) is 11.6 Å². The Morgan fingerprint density at radius 2 is 1.89 bits per heavy atom. The highest BCUT2D eigenvalue weighted by Gasteiger charge is 2.23. The van der Waals surface area contributed by atoms with Gasteiger partial charge in [-0.2, -0.15) is 0 Å². The minimum Gasteiger partial charge on any atom is -0.370 e. The van der Waals surface area contributed by atoms with Crippen LogP contribution >= 0.6 is 0 Å². The zero-order chi connectivity index (χ0) is 14.5. The van der Waals surface area contributed by atoms with Crippen LogP contribution in [0.5, 0.6) is 0 Å². The van der Waals surface area contributed by atoms with E-state index in [1.165, 1.54) is 0 Å². The molecule has 0 saturated heterocycles. The van der Waals surface area contributed by atoms with Crippen LogP contribution in [0.2, 0.25) is 0 Å². The van der Waals surface area contributed by atoms with Gasteiger partial charge < -0.3 is 10.2 Å². The second kappa shape index (κ2) is 6.73. The molecule has 1 heterocycles. The summed E-state index contributed by atoms with van der Waals surface area (Å²) in [5.41, 5.74) is 0.0986. The first-order valence-corrected chi connectivity index (χ1v) is 7.30. The summed E-state index contributed by atoms with van der Waals surface area (Å²) in [7, 11) is 2.11. The third-order valence-electron chi connectivity index (χ3n) is 3.75. The van der Waals surface area contributed by atoms with E-state index in [1.54, 1.807) is 0 Å². The standard InChI is InChI=1S/C15H28N4/c1-7-10-16-13-11-14(18-12(8-2)17-13)19(6)15(4,5)9-3/h11H,7-10H2,1-6H3,(H,16,17,18). The average molecular weight is 264 g/mol. The molecule has 0 fully saturated rings. The molecule has 0 atom stereocenters. The quantitative estimate of drug-likeness (QED) is 0.818. The number of aromatic nitrogens is 2. The van der Waals surface area contributed by atoms with Gasteiger partial charge in [0.2, 0.25) is 0 Å². The van der Waals surface area contributed by atoms with Gasteiger partial charge in [0.15, 0.2) is 0 Å². The maximum atomic E-state index is 4.65. The second-order valence-corrected chi connectivity index (χ2v) is 5.53. The number of nitrogens with zero attached hydrogens (tertiary/aromatic N) is 3. The molecule has 0 aliphatic heterocycles. The van der Waals surface area contributed by atoms with Crippen LogP contribution < -0.4 is 10.2 Å². The molecule has 0 radical (unpaired) electrons. The van der Waals surface area contributed by atoms with Crippen molar-refractivity contribution < 1.29 is 0 Å². The lowest BCUT2D eigenvalue weighted by molar-refractivity contribution is 0.466. The van der Waals surface area contributed by atoms with E-state index in [4.69, 9.17) is 0 Å². The lowest BCUT2D eigenvalue weighted by Crippen LogP contribution is -2.41. The van der Waals surface area contributed by atoms with Crippen LogP contribution in [0.15, 0.2) is 6.07 Å². The second-order valence-electron chi connectivity index (χ2n) is 5.53. The Morgan fingerprint density at radius 3 is 2.42 bits per heavy atom. The molecule has 0 aliphatic carbocycles. The minimum atomic E-state index is 0.0986. The molecular weight excluding hydrogens is 236 g/mol. The summed E-state index contributed by atoms with van der Waals surface area (Å²) >= 11 is 0. The van der Waals surface area contributed by atoms with Gasteiger partial charge in [0.25, 0.3) is 0 Å². The van der Waals surface area contributed by atoms with Gasteiger partial charge in [0.1, 0.15) is 17.5 Å². The molecule has 1 N–H and O–H groups in total. The molecule has 0 unspecified atom stereocenters. The lowest BCUT2D eigenvalue weighted by atomic mass is 10.00. The van der Waals surface area contributed by atoms with Crippen LogP contribution in [0.3, 0.4) is 0 Å². The molecule has 108 valence electrons. The first kappa shape index (κ1) is 15.7. The summed E-state index contributed by atoms with van der Waals surface area (Å²) in [6.07, 6.45) is 3.03. The molecule has 0 bridgehead atoms. The lowest BCUT2D eigenvalue weighted by Gasteiger charge is -2.36. The van der Waals surface area contributed by atoms with Crippen LogP contribution in [0.25, 0.3) is 0 Å². The normalized spacial score (nSPS) is 11.5. The zero-order valence-corrected chi connectivity index (χ0v) is 13.2. The maximum absolute atomic E-state index is 4.65. The summed E-state index contributed by atoms with van der Waals surface area (Å²) in [4.78, 5) is 11.4. The van der Waals surface area contributed by atoms with Gasteiger partial charge in [-0.25, -0.2) is 9.97 Å². The van der Waals surface area contributed by atoms with Gasteiger partial charge in [-0.3, -0.25) is 0 Å². The Bertz CT molecular complexity index is 401. The van der Waals surface area contributed by atoms with Gasteiger partial charge in [-0.15, -0.1) is 0 Å². The summed E-state index contributed by atoms with van der Waals surface area (Å²) in [6, 6.07) is 2.05. The van der Waals surface area contributed by atoms with E-state index in [0.717, 1.165) is 43.3 Å². The predicted molar refractivity (Wildman–Crippen MR) is 83.0 cm³/mol. The van der Waals surface area contributed by atoms with E-state index in [0.29, 0.717) is 0 Å². The Hall–Kier alpha value is -1.32. The Morgan fingerprint density at radius 1 is 1.21 bits per heavy atom. The molecule has 0 aliphatic rings. The van der Waals surface area contributed by atoms with Crippen molar-refractivity contribution in [2.24, 2.45) is 0 Å². The van der Waals surface area contributed by atoms with Crippen LogP contribution in [0, 0.1) is 0 Å². The number of rotatable bonds is 7. The van der Waals surface area contributed by atoms with Crippen LogP contribution in [0.1, 0.15) is 53.3 Å². The highest BCUT2D eigenvalue weighted by atomic mass is 15.2. The van der Waals surface area contributed by atoms with Crippen molar-refractivity contribution in [3.63, 3.8) is 0 Å². The van der Waals surface area contributed by atoms with E-state index < -0.39 is 0 Å². The summed E-state index contributed by atoms with van der Waals surface area (Å²) in [6.45, 7) is 11.9. The van der Waals surface area contributed by atoms with Crippen molar-refractivity contribution in [2.75, 3.05) is 23.8 Å². The van der Waals surface area contributed by atoms with E-state index >= 15 is 0 Å². The zero-order valence-electron chi connectivity index (χ0n) is 13.2. The Labute approximate surface area is 117 Å². The fourth-order valence-corrected chi connectivity index (χ4v) is 1.70. The van der Waals surface area contributed by atoms with Gasteiger partial charge in [0.05, 0.1) is 0 Å².